The molecule has 4 rings (SSSR count). The molecule has 1 aromatic carbocycles. The minimum Gasteiger partial charge on any atom is -0.449 e. The highest BCUT2D eigenvalue weighted by Crippen LogP contribution is 2.30. The minimum atomic E-state index is -3.05. The van der Waals surface area contributed by atoms with Crippen LogP contribution in [0.1, 0.15) is 78.2 Å². The molecule has 0 aliphatic carbocycles. The Hall–Kier alpha value is -5.13. The molecule has 2 aromatic rings. The molecule has 3 amide bonds. The van der Waals surface area contributed by atoms with Crippen LogP contribution < -0.4 is 10.2 Å². The predicted molar refractivity (Wildman–Crippen MR) is 213 cm³/mol. The van der Waals surface area contributed by atoms with Gasteiger partial charge < -0.3 is 48.4 Å². The maximum absolute atomic E-state index is 14.2. The zero-order valence-electron chi connectivity index (χ0n) is 35.0. The summed E-state index contributed by atoms with van der Waals surface area (Å²) in [5.41, 5.74) is -1.48. The molecule has 3 heterocycles. The van der Waals surface area contributed by atoms with Crippen LogP contribution in [0.3, 0.4) is 0 Å². The lowest BCUT2D eigenvalue weighted by Gasteiger charge is -2.35. The lowest BCUT2D eigenvalue weighted by molar-refractivity contribution is -0.209. The third-order valence-corrected chi connectivity index (χ3v) is 9.73. The molecule has 0 saturated carbocycles. The molecule has 0 spiro atoms. The lowest BCUT2D eigenvalue weighted by Crippen LogP contribution is -2.56. The van der Waals surface area contributed by atoms with Gasteiger partial charge in [0, 0.05) is 58.0 Å². The third kappa shape index (κ3) is 15.2. The molecule has 2 saturated heterocycles. The first-order valence-corrected chi connectivity index (χ1v) is 20.8. The molecule has 2 aliphatic rings. The minimum absolute atomic E-state index is 0.0400. The first kappa shape index (κ1) is 46.6. The monoisotopic (exact) mass is 847 g/mol. The van der Waals surface area contributed by atoms with E-state index in [1.807, 2.05) is 30.0 Å². The van der Waals surface area contributed by atoms with Gasteiger partial charge in [-0.1, -0.05) is 48.2 Å². The maximum atomic E-state index is 14.2. The number of rotatable bonds is 15. The Morgan fingerprint density at radius 3 is 2.05 bits per heavy atom. The van der Waals surface area contributed by atoms with Crippen molar-refractivity contribution in [1.82, 2.24) is 25.1 Å². The highest BCUT2D eigenvalue weighted by atomic mass is 31.1. The molecule has 20 heteroatoms. The number of aromatic nitrogens is 2. The molecule has 3 atom stereocenters. The summed E-state index contributed by atoms with van der Waals surface area (Å²) >= 11 is 0. The molecular formula is C39H56N6O13P+. The van der Waals surface area contributed by atoms with Crippen LogP contribution in [0.5, 0.6) is 0 Å². The summed E-state index contributed by atoms with van der Waals surface area (Å²) in [6.45, 7) is 11.0. The summed E-state index contributed by atoms with van der Waals surface area (Å²) in [7, 11) is -1.42. The van der Waals surface area contributed by atoms with Crippen molar-refractivity contribution in [3.63, 3.8) is 0 Å². The number of ether oxygens (including phenoxy) is 6. The molecule has 1 N–H and O–H groups in total. The first-order chi connectivity index (χ1) is 27.8. The van der Waals surface area contributed by atoms with E-state index in [1.165, 1.54) is 15.9 Å². The smallest absolute Gasteiger partial charge is 0.449 e. The summed E-state index contributed by atoms with van der Waals surface area (Å²) < 4.78 is 50.3. The average molecular weight is 848 g/mol. The number of anilines is 1. The van der Waals surface area contributed by atoms with Gasteiger partial charge in [-0.2, -0.15) is 0 Å². The van der Waals surface area contributed by atoms with Gasteiger partial charge in [-0.15, -0.1) is 0 Å². The number of hydrogen-bond acceptors (Lipinski definition) is 16. The zero-order valence-corrected chi connectivity index (χ0v) is 35.9. The fraction of sp³-hybridized carbons (Fsp3) is 0.615. The molecule has 324 valence electrons. The highest BCUT2D eigenvalue weighted by Gasteiger charge is 2.41. The van der Waals surface area contributed by atoms with E-state index in [2.05, 4.69) is 10.3 Å². The average Bonchev–Trinajstić information content (AvgIpc) is 3.66. The largest absolute Gasteiger partial charge is 0.518 e. The summed E-state index contributed by atoms with van der Waals surface area (Å²) in [6.07, 6.45) is -1.53. The van der Waals surface area contributed by atoms with Gasteiger partial charge in [-0.25, -0.2) is 24.4 Å². The number of benzene rings is 1. The summed E-state index contributed by atoms with van der Waals surface area (Å²) in [5, 5.41) is 2.67. The summed E-state index contributed by atoms with van der Waals surface area (Å²) in [5.74, 6) is -0.722. The van der Waals surface area contributed by atoms with Gasteiger partial charge >= 0.3 is 32.9 Å². The van der Waals surface area contributed by atoms with Gasteiger partial charge in [-0.05, 0) is 58.9 Å². The van der Waals surface area contributed by atoms with E-state index in [-0.39, 0.29) is 50.4 Å². The van der Waals surface area contributed by atoms with Gasteiger partial charge in [0.1, 0.15) is 22.7 Å². The molecular weight excluding hydrogens is 791 g/mol. The first-order valence-electron chi connectivity index (χ1n) is 19.5. The van der Waals surface area contributed by atoms with Crippen molar-refractivity contribution in [2.75, 3.05) is 64.0 Å². The second kappa shape index (κ2) is 21.2. The van der Waals surface area contributed by atoms with E-state index in [0.29, 0.717) is 30.9 Å². The van der Waals surface area contributed by atoms with Crippen molar-refractivity contribution >= 4 is 44.1 Å². The topological polar surface area (TPSA) is 215 Å². The number of nitrogens with zero attached hydrogens (tertiary/aromatic N) is 5. The Morgan fingerprint density at radius 1 is 0.881 bits per heavy atom. The van der Waals surface area contributed by atoms with Gasteiger partial charge in [0.2, 0.25) is 12.1 Å². The fourth-order valence-electron chi connectivity index (χ4n) is 5.76. The van der Waals surface area contributed by atoms with E-state index in [4.69, 9.17) is 37.9 Å². The molecule has 2 aliphatic heterocycles. The van der Waals surface area contributed by atoms with Crippen LogP contribution in [-0.2, 0) is 42.3 Å². The SMILES string of the molecule is CCCCOC(=O)N1CCN(C(=O)C(C[P+](=O)OC(OC(=O)OC(C)(C)C)OC(=O)OC(C)(C)C)NC(=O)c2cc(N3CCC(OC)C3)nc(-c3ccccc3)n2)CC1. The van der Waals surface area contributed by atoms with E-state index >= 15 is 0 Å². The van der Waals surface area contributed by atoms with Crippen LogP contribution in [0.15, 0.2) is 36.4 Å². The molecule has 0 bridgehead atoms. The Morgan fingerprint density at radius 2 is 1.49 bits per heavy atom. The maximum Gasteiger partial charge on any atom is 0.518 e. The van der Waals surface area contributed by atoms with Gasteiger partial charge in [0.15, 0.2) is 11.9 Å². The molecule has 3 unspecified atom stereocenters. The van der Waals surface area contributed by atoms with Crippen LogP contribution in [-0.4, -0.2) is 139 Å². The van der Waals surface area contributed by atoms with Gasteiger partial charge in [0.05, 0.1) is 12.7 Å². The number of nitrogens with one attached hydrogen (secondary N) is 1. The highest BCUT2D eigenvalue weighted by molar-refractivity contribution is 7.39. The third-order valence-electron chi connectivity index (χ3n) is 8.66. The standard InChI is InChI=1S/C39H55N6O13P/c1-9-10-22-53-34(48)44-20-18-43(19-21-44)33(47)29(25-59(51)58-37(54-35(49)56-38(2,3)4)55-36(50)57-39(5,6)7)41-32(46)28-23-30(45-17-16-27(24-45)52-8)42-31(40-28)26-14-12-11-13-15-26/h11-15,23,27,29,37H,9-10,16-22,24-25H2,1-8H3/p+1. The Balaban J connectivity index is 1.61. The van der Waals surface area contributed by atoms with E-state index in [0.717, 1.165) is 12.8 Å². The zero-order chi connectivity index (χ0) is 43.3. The van der Waals surface area contributed by atoms with Crippen LogP contribution in [0.4, 0.5) is 20.2 Å². The van der Waals surface area contributed by atoms with E-state index < -0.39 is 68.1 Å². The van der Waals surface area contributed by atoms with Crippen molar-refractivity contribution in [2.45, 2.75) is 97.6 Å². The molecule has 59 heavy (non-hydrogen) atoms. The van der Waals surface area contributed by atoms with Crippen LogP contribution in [0, 0.1) is 0 Å². The van der Waals surface area contributed by atoms with Gasteiger partial charge in [-0.3, -0.25) is 9.59 Å². The van der Waals surface area contributed by atoms with E-state index in [1.54, 1.807) is 60.8 Å². The number of amides is 3. The Bertz CT molecular complexity index is 1750. The normalized spacial score (nSPS) is 16.6. The Labute approximate surface area is 345 Å². The second-order valence-electron chi connectivity index (χ2n) is 15.8. The van der Waals surface area contributed by atoms with E-state index in [9.17, 15) is 28.5 Å². The second-order valence-corrected chi connectivity index (χ2v) is 17.0. The van der Waals surface area contributed by atoms with Crippen molar-refractivity contribution in [3.05, 3.63) is 42.1 Å². The van der Waals surface area contributed by atoms with Crippen molar-refractivity contribution in [2.24, 2.45) is 0 Å². The van der Waals surface area contributed by atoms with Gasteiger partial charge in [0.25, 0.3) is 5.91 Å². The predicted octanol–water partition coefficient (Wildman–Crippen LogP) is 5.49. The van der Waals surface area contributed by atoms with Crippen molar-refractivity contribution in [3.8, 4) is 11.4 Å². The van der Waals surface area contributed by atoms with Crippen LogP contribution >= 0.6 is 8.03 Å². The number of unbranched alkanes of at least 4 members (excludes halogenated alkanes) is 1. The van der Waals surface area contributed by atoms with Crippen LogP contribution in [0.2, 0.25) is 0 Å². The van der Waals surface area contributed by atoms with Crippen LogP contribution in [0.25, 0.3) is 11.4 Å². The lowest BCUT2D eigenvalue weighted by atomic mass is 10.2. The quantitative estimate of drug-likeness (QED) is 0.0771. The number of methoxy groups -OCH3 is 1. The fourth-order valence-corrected chi connectivity index (χ4v) is 6.67. The molecule has 1 aromatic heterocycles. The molecule has 19 nitrogen and oxygen atoms in total. The molecule has 0 radical (unpaired) electrons. The van der Waals surface area contributed by atoms with Crippen molar-refractivity contribution < 1.29 is 61.5 Å². The number of carbonyl (C=O) groups is 5. The Kier molecular flexibility index (Phi) is 16.7. The number of piperazine rings is 1. The molecule has 2 fully saturated rings. The summed E-state index contributed by atoms with van der Waals surface area (Å²) in [6, 6.07) is 9.03. The summed E-state index contributed by atoms with van der Waals surface area (Å²) in [4.78, 5) is 80.2. The number of carbonyl (C=O) groups excluding carboxylic acids is 5. The van der Waals surface area contributed by atoms with Crippen molar-refractivity contribution in [1.29, 1.82) is 0 Å². The number of hydrogen-bond donors (Lipinski definition) is 1.